The zero-order chi connectivity index (χ0) is 22.2. The van der Waals surface area contributed by atoms with Crippen molar-refractivity contribution in [1.82, 2.24) is 9.29 Å². The maximum atomic E-state index is 12.9. The molecule has 162 valence electrons. The molecular weight excluding hydrogens is 454 g/mol. The number of halogens is 1. The van der Waals surface area contributed by atoms with E-state index in [2.05, 4.69) is 16.4 Å². The van der Waals surface area contributed by atoms with Crippen molar-refractivity contribution < 1.29 is 13.2 Å². The second-order valence-corrected chi connectivity index (χ2v) is 10.8. The van der Waals surface area contributed by atoms with Crippen molar-refractivity contribution in [2.24, 2.45) is 0 Å². The minimum Gasteiger partial charge on any atom is -0.298 e. The topological polar surface area (TPSA) is 79.4 Å². The van der Waals surface area contributed by atoms with Crippen LogP contribution in [0.5, 0.6) is 0 Å². The molecule has 4 rings (SSSR count). The lowest BCUT2D eigenvalue weighted by Gasteiger charge is -2.16. The van der Waals surface area contributed by atoms with E-state index in [1.165, 1.54) is 39.4 Å². The lowest BCUT2D eigenvalue weighted by atomic mass is 10.0. The van der Waals surface area contributed by atoms with Gasteiger partial charge in [-0.2, -0.15) is 4.31 Å². The number of aryl methyl sites for hydroxylation is 2. The van der Waals surface area contributed by atoms with Crippen LogP contribution in [0, 0.1) is 13.8 Å². The third-order valence-electron chi connectivity index (χ3n) is 5.27. The molecule has 1 saturated heterocycles. The number of hydrogen-bond donors (Lipinski definition) is 1. The number of hydrogen-bond acceptors (Lipinski definition) is 5. The maximum absolute atomic E-state index is 12.9. The summed E-state index contributed by atoms with van der Waals surface area (Å²) in [6.45, 7) is 5.04. The van der Waals surface area contributed by atoms with E-state index in [0.29, 0.717) is 18.2 Å². The standard InChI is InChI=1S/C22H22ClN3O3S2/c1-14-5-7-17(15(2)11-14)20-13-30-22(24-20)25-21(27)18-12-16(6-8-19(18)23)31(28,29)26-9-3-4-10-26/h5-8,11-13H,3-4,9-10H2,1-2H3,(H,24,25,27). The number of carbonyl (C=O) groups is 1. The Morgan fingerprint density at radius 2 is 1.87 bits per heavy atom. The van der Waals surface area contributed by atoms with Crippen LogP contribution in [0.2, 0.25) is 5.02 Å². The Balaban J connectivity index is 1.57. The number of nitrogens with zero attached hydrogens (tertiary/aromatic N) is 2. The van der Waals surface area contributed by atoms with Gasteiger partial charge >= 0.3 is 0 Å². The molecule has 2 aromatic carbocycles. The summed E-state index contributed by atoms with van der Waals surface area (Å²) in [7, 11) is -3.64. The van der Waals surface area contributed by atoms with E-state index >= 15 is 0 Å². The molecule has 1 aromatic heterocycles. The molecule has 0 saturated carbocycles. The van der Waals surface area contributed by atoms with Crippen LogP contribution >= 0.6 is 22.9 Å². The Labute approximate surface area is 190 Å². The number of aromatic nitrogens is 1. The minimum atomic E-state index is -3.64. The maximum Gasteiger partial charge on any atom is 0.259 e. The quantitative estimate of drug-likeness (QED) is 0.555. The highest BCUT2D eigenvalue weighted by Gasteiger charge is 2.28. The van der Waals surface area contributed by atoms with Crippen molar-refractivity contribution in [1.29, 1.82) is 0 Å². The summed E-state index contributed by atoms with van der Waals surface area (Å²) >= 11 is 7.52. The van der Waals surface area contributed by atoms with E-state index in [4.69, 9.17) is 11.6 Å². The Kier molecular flexibility index (Phi) is 6.16. The van der Waals surface area contributed by atoms with Crippen molar-refractivity contribution in [3.8, 4) is 11.3 Å². The van der Waals surface area contributed by atoms with E-state index in [1.807, 2.05) is 31.4 Å². The number of anilines is 1. The number of amides is 1. The number of rotatable bonds is 5. The summed E-state index contributed by atoms with van der Waals surface area (Å²) in [5.74, 6) is -0.495. The predicted molar refractivity (Wildman–Crippen MR) is 124 cm³/mol. The Hall–Kier alpha value is -2.26. The summed E-state index contributed by atoms with van der Waals surface area (Å²) in [6.07, 6.45) is 1.68. The summed E-state index contributed by atoms with van der Waals surface area (Å²) in [4.78, 5) is 17.4. The second-order valence-electron chi connectivity index (χ2n) is 7.56. The Bertz CT molecular complexity index is 1250. The second kappa shape index (κ2) is 8.70. The average molecular weight is 476 g/mol. The molecule has 0 spiro atoms. The van der Waals surface area contributed by atoms with Gasteiger partial charge in [0.15, 0.2) is 5.13 Å². The molecule has 0 unspecified atom stereocenters. The molecule has 1 fully saturated rings. The third kappa shape index (κ3) is 4.52. The van der Waals surface area contributed by atoms with Gasteiger partial charge in [0, 0.05) is 24.0 Å². The molecule has 2 heterocycles. The molecule has 1 aliphatic rings. The molecule has 9 heteroatoms. The average Bonchev–Trinajstić information content (AvgIpc) is 3.41. The molecule has 6 nitrogen and oxygen atoms in total. The van der Waals surface area contributed by atoms with Crippen LogP contribution in [0.1, 0.15) is 34.3 Å². The van der Waals surface area contributed by atoms with Gasteiger partial charge in [-0.05, 0) is 50.5 Å². The lowest BCUT2D eigenvalue weighted by Crippen LogP contribution is -2.28. The van der Waals surface area contributed by atoms with E-state index in [0.717, 1.165) is 29.7 Å². The van der Waals surface area contributed by atoms with Gasteiger partial charge in [-0.3, -0.25) is 10.1 Å². The van der Waals surface area contributed by atoms with E-state index < -0.39 is 15.9 Å². The fourth-order valence-corrected chi connectivity index (χ4v) is 6.09. The molecule has 0 bridgehead atoms. The minimum absolute atomic E-state index is 0.0686. The largest absolute Gasteiger partial charge is 0.298 e. The van der Waals surface area contributed by atoms with Crippen LogP contribution in [0.15, 0.2) is 46.7 Å². The predicted octanol–water partition coefficient (Wildman–Crippen LogP) is 5.12. The van der Waals surface area contributed by atoms with Crippen LogP contribution in [0.25, 0.3) is 11.3 Å². The molecule has 1 N–H and O–H groups in total. The molecule has 0 atom stereocenters. The summed E-state index contributed by atoms with van der Waals surface area (Å²) in [5.41, 5.74) is 4.15. The first-order valence-corrected chi connectivity index (χ1v) is 12.6. The zero-order valence-electron chi connectivity index (χ0n) is 17.2. The molecule has 0 aliphatic carbocycles. The summed E-state index contributed by atoms with van der Waals surface area (Å²) in [6, 6.07) is 10.3. The SMILES string of the molecule is Cc1ccc(-c2csc(NC(=O)c3cc(S(=O)(=O)N4CCCC4)ccc3Cl)n2)c(C)c1. The van der Waals surface area contributed by atoms with Crippen molar-refractivity contribution in [3.63, 3.8) is 0 Å². The normalized spacial score (nSPS) is 14.7. The Morgan fingerprint density at radius 1 is 1.13 bits per heavy atom. The lowest BCUT2D eigenvalue weighted by molar-refractivity contribution is 0.102. The van der Waals surface area contributed by atoms with Crippen molar-refractivity contribution in [2.45, 2.75) is 31.6 Å². The highest BCUT2D eigenvalue weighted by Crippen LogP contribution is 2.30. The summed E-state index contributed by atoms with van der Waals surface area (Å²) in [5, 5.41) is 5.23. The highest BCUT2D eigenvalue weighted by molar-refractivity contribution is 7.89. The first-order chi connectivity index (χ1) is 14.8. The van der Waals surface area contributed by atoms with Crippen LogP contribution < -0.4 is 5.32 Å². The van der Waals surface area contributed by atoms with Gasteiger partial charge in [0.25, 0.3) is 5.91 Å². The van der Waals surface area contributed by atoms with Crippen molar-refractivity contribution in [2.75, 3.05) is 18.4 Å². The Morgan fingerprint density at radius 3 is 2.58 bits per heavy atom. The monoisotopic (exact) mass is 475 g/mol. The van der Waals surface area contributed by atoms with Gasteiger partial charge in [-0.15, -0.1) is 11.3 Å². The van der Waals surface area contributed by atoms with E-state index in [-0.39, 0.29) is 15.5 Å². The third-order valence-corrected chi connectivity index (χ3v) is 8.25. The first kappa shape index (κ1) is 22.0. The van der Waals surface area contributed by atoms with Gasteiger partial charge in [0.05, 0.1) is 21.2 Å². The molecule has 1 amide bonds. The number of thiazole rings is 1. The van der Waals surface area contributed by atoms with Gasteiger partial charge in [0.1, 0.15) is 0 Å². The first-order valence-electron chi connectivity index (χ1n) is 9.90. The van der Waals surface area contributed by atoms with Gasteiger partial charge in [-0.1, -0.05) is 35.4 Å². The van der Waals surface area contributed by atoms with Gasteiger partial charge in [0.2, 0.25) is 10.0 Å². The van der Waals surface area contributed by atoms with Crippen LogP contribution in [-0.4, -0.2) is 36.7 Å². The highest BCUT2D eigenvalue weighted by atomic mass is 35.5. The zero-order valence-corrected chi connectivity index (χ0v) is 19.6. The van der Waals surface area contributed by atoms with E-state index in [1.54, 1.807) is 0 Å². The van der Waals surface area contributed by atoms with Crippen LogP contribution in [0.3, 0.4) is 0 Å². The smallest absolute Gasteiger partial charge is 0.259 e. The molecular formula is C22H22ClN3O3S2. The molecule has 3 aromatic rings. The number of sulfonamides is 1. The number of nitrogens with one attached hydrogen (secondary N) is 1. The number of carbonyl (C=O) groups excluding carboxylic acids is 1. The number of benzene rings is 2. The molecule has 1 aliphatic heterocycles. The fraction of sp³-hybridized carbons (Fsp3) is 0.273. The van der Waals surface area contributed by atoms with Crippen LogP contribution in [-0.2, 0) is 10.0 Å². The van der Waals surface area contributed by atoms with Crippen LogP contribution in [0.4, 0.5) is 5.13 Å². The molecule has 31 heavy (non-hydrogen) atoms. The summed E-state index contributed by atoms with van der Waals surface area (Å²) < 4.78 is 27.1. The van der Waals surface area contributed by atoms with Gasteiger partial charge < -0.3 is 0 Å². The van der Waals surface area contributed by atoms with Crippen molar-refractivity contribution in [3.05, 3.63) is 63.5 Å². The van der Waals surface area contributed by atoms with Gasteiger partial charge in [-0.25, -0.2) is 13.4 Å². The molecule has 0 radical (unpaired) electrons. The van der Waals surface area contributed by atoms with Crippen molar-refractivity contribution >= 4 is 44.0 Å². The fourth-order valence-electron chi connectivity index (χ4n) is 3.64. The van der Waals surface area contributed by atoms with E-state index in [9.17, 15) is 13.2 Å².